The number of hydrogen-bond donors (Lipinski definition) is 0. The topological polar surface area (TPSA) is 68.8 Å². The normalized spacial score (nSPS) is 17.2. The maximum absolute atomic E-state index is 12.7. The maximum atomic E-state index is 12.7. The minimum absolute atomic E-state index is 0.432. The minimum atomic E-state index is -3.38. The van der Waals surface area contributed by atoms with Gasteiger partial charge < -0.3 is 29.1 Å². The summed E-state index contributed by atoms with van der Waals surface area (Å²) in [5.41, 5.74) is 9.64. The van der Waals surface area contributed by atoms with Gasteiger partial charge in [0.1, 0.15) is 0 Å². The summed E-state index contributed by atoms with van der Waals surface area (Å²) in [6.45, 7) is 30.6. The molecular formula is C57H87N5O4S. The number of ether oxygens (including phenoxy) is 2. The van der Waals surface area contributed by atoms with Crippen molar-refractivity contribution in [2.75, 3.05) is 114 Å². The van der Waals surface area contributed by atoms with Gasteiger partial charge in [-0.3, -0.25) is 0 Å². The second-order valence-corrected chi connectivity index (χ2v) is 22.4. The van der Waals surface area contributed by atoms with Gasteiger partial charge in [-0.1, -0.05) is 122 Å². The Kier molecular flexibility index (Phi) is 22.5. The van der Waals surface area contributed by atoms with Crippen LogP contribution in [-0.2, 0) is 45.2 Å². The molecule has 9 nitrogen and oxygen atoms in total. The van der Waals surface area contributed by atoms with Crippen LogP contribution in [0.4, 0.5) is 17.1 Å². The third-order valence-corrected chi connectivity index (χ3v) is 14.6. The number of sulfonamides is 1. The lowest BCUT2D eigenvalue weighted by Gasteiger charge is -2.35. The highest BCUT2D eigenvalue weighted by molar-refractivity contribution is 7.89. The van der Waals surface area contributed by atoms with Gasteiger partial charge in [-0.15, -0.1) is 0 Å². The number of piperazine rings is 1. The zero-order valence-electron chi connectivity index (χ0n) is 43.0. The molecule has 0 saturated carbocycles. The van der Waals surface area contributed by atoms with Gasteiger partial charge in [-0.2, -0.15) is 4.31 Å². The molecule has 4 aromatic carbocycles. The molecule has 4 heterocycles. The smallest absolute Gasteiger partial charge is 0.243 e. The van der Waals surface area contributed by atoms with Crippen molar-refractivity contribution in [2.24, 2.45) is 23.7 Å². The van der Waals surface area contributed by atoms with E-state index in [2.05, 4.69) is 155 Å². The fourth-order valence-corrected chi connectivity index (χ4v) is 11.0. The molecule has 67 heavy (non-hydrogen) atoms. The fourth-order valence-electron chi connectivity index (χ4n) is 9.33. The van der Waals surface area contributed by atoms with E-state index >= 15 is 0 Å². The summed E-state index contributed by atoms with van der Waals surface area (Å²) in [7, 11) is -1.18. The first-order chi connectivity index (χ1) is 32.2. The Balaban J connectivity index is 0.000000168. The molecule has 4 aliphatic rings. The van der Waals surface area contributed by atoms with Crippen molar-refractivity contribution in [3.05, 3.63) is 119 Å². The summed E-state index contributed by atoms with van der Waals surface area (Å²) in [6.07, 6.45) is 7.03. The molecule has 0 radical (unpaired) electrons. The molecule has 4 aromatic rings. The van der Waals surface area contributed by atoms with Crippen LogP contribution in [0.5, 0.6) is 0 Å². The Hall–Kier alpha value is -3.93. The van der Waals surface area contributed by atoms with Crippen molar-refractivity contribution in [3.8, 4) is 0 Å². The second kappa shape index (κ2) is 27.9. The lowest BCUT2D eigenvalue weighted by Crippen LogP contribution is -2.44. The SMILES string of the molecule is CC(C)Cc1cccc(N2CCCC2)c1.CC(C)Cc1ccccc1N1CCN(C)CC1.CC(C)Cc1ccccc1N1CCOCC1.CC(C)Cc1ccccc1S(=O)(=O)N1CCOCC1. The number of nitrogens with zero attached hydrogens (tertiary/aromatic N) is 5. The number of para-hydroxylation sites is 2. The second-order valence-electron chi connectivity index (χ2n) is 20.5. The van der Waals surface area contributed by atoms with Gasteiger partial charge in [-0.05, 0) is 122 Å². The van der Waals surface area contributed by atoms with Crippen LogP contribution in [0.2, 0.25) is 0 Å². The van der Waals surface area contributed by atoms with Crippen LogP contribution < -0.4 is 14.7 Å². The molecule has 0 unspecified atom stereocenters. The van der Waals surface area contributed by atoms with E-state index in [-0.39, 0.29) is 0 Å². The maximum Gasteiger partial charge on any atom is 0.243 e. The van der Waals surface area contributed by atoms with Crippen LogP contribution in [0.3, 0.4) is 0 Å². The molecule has 0 bridgehead atoms. The van der Waals surface area contributed by atoms with Crippen LogP contribution in [-0.4, -0.2) is 117 Å². The van der Waals surface area contributed by atoms with E-state index < -0.39 is 10.0 Å². The molecule has 4 saturated heterocycles. The van der Waals surface area contributed by atoms with Gasteiger partial charge in [-0.25, -0.2) is 8.42 Å². The first-order valence-electron chi connectivity index (χ1n) is 25.6. The lowest BCUT2D eigenvalue weighted by atomic mass is 10.0. The number of likely N-dealkylation sites (N-methyl/N-ethyl adjacent to an activating group) is 1. The van der Waals surface area contributed by atoms with Crippen molar-refractivity contribution in [3.63, 3.8) is 0 Å². The molecule has 0 aliphatic carbocycles. The highest BCUT2D eigenvalue weighted by Gasteiger charge is 2.28. The van der Waals surface area contributed by atoms with E-state index in [0.717, 1.165) is 69.6 Å². The zero-order chi connectivity index (χ0) is 48.2. The van der Waals surface area contributed by atoms with E-state index in [0.29, 0.717) is 43.0 Å². The van der Waals surface area contributed by atoms with Crippen molar-refractivity contribution < 1.29 is 17.9 Å². The molecule has 10 heteroatoms. The summed E-state index contributed by atoms with van der Waals surface area (Å²) < 4.78 is 37.5. The van der Waals surface area contributed by atoms with Gasteiger partial charge in [0.2, 0.25) is 10.0 Å². The summed E-state index contributed by atoms with van der Waals surface area (Å²) >= 11 is 0. The van der Waals surface area contributed by atoms with Crippen molar-refractivity contribution in [1.29, 1.82) is 0 Å². The number of anilines is 3. The van der Waals surface area contributed by atoms with E-state index in [1.807, 2.05) is 12.1 Å². The number of morpholine rings is 2. The molecular weight excluding hydrogens is 851 g/mol. The van der Waals surface area contributed by atoms with Crippen LogP contribution in [0.1, 0.15) is 90.5 Å². The van der Waals surface area contributed by atoms with E-state index in [9.17, 15) is 8.42 Å². The average Bonchev–Trinajstić information content (AvgIpc) is 3.86. The predicted octanol–water partition coefficient (Wildman–Crippen LogP) is 10.7. The highest BCUT2D eigenvalue weighted by Crippen LogP contribution is 2.27. The van der Waals surface area contributed by atoms with E-state index in [1.54, 1.807) is 12.1 Å². The van der Waals surface area contributed by atoms with Crippen molar-refractivity contribution in [2.45, 2.75) is 98.8 Å². The first kappa shape index (κ1) is 54.0. The molecule has 0 aromatic heterocycles. The van der Waals surface area contributed by atoms with Gasteiger partial charge in [0, 0.05) is 82.5 Å². The Morgan fingerprint density at radius 1 is 0.463 bits per heavy atom. The monoisotopic (exact) mass is 938 g/mol. The third kappa shape index (κ3) is 17.8. The van der Waals surface area contributed by atoms with Gasteiger partial charge >= 0.3 is 0 Å². The molecule has 4 aliphatic heterocycles. The molecule has 8 rings (SSSR count). The van der Waals surface area contributed by atoms with E-state index in [1.165, 1.54) is 89.9 Å². The molecule has 370 valence electrons. The molecule has 0 spiro atoms. The zero-order valence-corrected chi connectivity index (χ0v) is 43.8. The summed E-state index contributed by atoms with van der Waals surface area (Å²) in [4.78, 5) is 10.3. The van der Waals surface area contributed by atoms with Gasteiger partial charge in [0.05, 0.1) is 31.3 Å². The van der Waals surface area contributed by atoms with Gasteiger partial charge in [0.25, 0.3) is 0 Å². The minimum Gasteiger partial charge on any atom is -0.379 e. The number of hydrogen-bond acceptors (Lipinski definition) is 8. The van der Waals surface area contributed by atoms with Crippen LogP contribution >= 0.6 is 0 Å². The quantitative estimate of drug-likeness (QED) is 0.131. The standard InChI is InChI=1S/C15H24N2.C14H21NO3S.C14H21NO.C14H21N/c1-13(2)12-14-6-4-5-7-15(14)17-10-8-16(3)9-11-17;1-12(2)11-13-5-3-4-6-14(13)19(16,17)15-7-9-18-10-8-15;1-12(2)11-13-5-3-4-6-14(13)15-7-9-16-10-8-15;1-12(2)10-13-6-5-7-14(11-13)15-8-3-4-9-15/h4-7,13H,8-12H2,1-3H3;3-6,12H,7-11H2,1-2H3;3-6,12H,7-11H2,1-2H3;5-7,11-12H,3-4,8-10H2,1-2H3. The summed E-state index contributed by atoms with van der Waals surface area (Å²) in [5, 5.41) is 0. The lowest BCUT2D eigenvalue weighted by molar-refractivity contribution is 0.0730. The summed E-state index contributed by atoms with van der Waals surface area (Å²) in [5.74, 6) is 2.62. The largest absolute Gasteiger partial charge is 0.379 e. The van der Waals surface area contributed by atoms with Gasteiger partial charge in [0.15, 0.2) is 0 Å². The Morgan fingerprint density at radius 2 is 0.910 bits per heavy atom. The Bertz CT molecular complexity index is 2120. The molecule has 0 N–H and O–H groups in total. The van der Waals surface area contributed by atoms with Crippen LogP contribution in [0.25, 0.3) is 0 Å². The van der Waals surface area contributed by atoms with Crippen LogP contribution in [0.15, 0.2) is 102 Å². The first-order valence-corrected chi connectivity index (χ1v) is 27.1. The Labute approximate surface area is 407 Å². The highest BCUT2D eigenvalue weighted by atomic mass is 32.2. The Morgan fingerprint density at radius 3 is 1.43 bits per heavy atom. The predicted molar refractivity (Wildman–Crippen MR) is 284 cm³/mol. The van der Waals surface area contributed by atoms with Crippen molar-refractivity contribution in [1.82, 2.24) is 9.21 Å². The average molecular weight is 938 g/mol. The van der Waals surface area contributed by atoms with Crippen LogP contribution in [0, 0.1) is 23.7 Å². The third-order valence-electron chi connectivity index (χ3n) is 12.6. The van der Waals surface area contributed by atoms with Crippen molar-refractivity contribution >= 4 is 27.1 Å². The molecule has 4 fully saturated rings. The number of rotatable bonds is 13. The molecule has 0 atom stereocenters. The number of benzene rings is 4. The fraction of sp³-hybridized carbons (Fsp3) is 0.579. The summed E-state index contributed by atoms with van der Waals surface area (Å²) in [6, 6.07) is 34.0. The molecule has 0 amide bonds. The van der Waals surface area contributed by atoms with E-state index in [4.69, 9.17) is 9.47 Å².